The third kappa shape index (κ3) is 8.91. The molecule has 0 spiro atoms. The van der Waals surface area contributed by atoms with Crippen molar-refractivity contribution in [3.8, 4) is 22.9 Å². The number of carbonyl (C=O) groups excluding carboxylic acids is 3. The van der Waals surface area contributed by atoms with Crippen molar-refractivity contribution in [1.29, 1.82) is 0 Å². The molecular formula is C41H49ClN6O10S. The number of carboxylic acid groups (broad SMARTS) is 2. The molecule has 5 N–H and O–H groups in total. The summed E-state index contributed by atoms with van der Waals surface area (Å²) < 4.78 is 17.9. The molecule has 3 aliphatic carbocycles. The first kappa shape index (κ1) is 42.0. The normalized spacial score (nSPS) is 26.1. The number of carbonyl (C=O) groups is 5. The number of aromatic nitrogens is 2. The quantitative estimate of drug-likeness (QED) is 0.116. The number of aliphatic carboxylic acids is 2. The summed E-state index contributed by atoms with van der Waals surface area (Å²) in [6.07, 6.45) is 2.56. The highest BCUT2D eigenvalue weighted by atomic mass is 35.5. The molecule has 0 radical (unpaired) electrons. The Kier molecular flexibility index (Phi) is 11.5. The van der Waals surface area contributed by atoms with Crippen LogP contribution in [0.15, 0.2) is 36.2 Å². The largest absolute Gasteiger partial charge is 0.488 e. The van der Waals surface area contributed by atoms with E-state index in [1.165, 1.54) is 28.4 Å². The SMILES string of the molecule is C=C[C@@H]1C[C@]1(NC(=O)[C@@H]1C[C@@H](Oc2cc(-c3csc(NC(C)C)n3)nc3c(Cl)c(OCC(=O)O)ccc23)CN1C(=O)[C@@H](NC(=O)O[C@@H]1C[C@@H]2C[C@@H]2C1)C(C)(C)C)C(=O)O. The van der Waals surface area contributed by atoms with Crippen molar-refractivity contribution >= 4 is 68.8 Å². The molecule has 1 saturated heterocycles. The maximum absolute atomic E-state index is 14.7. The van der Waals surface area contributed by atoms with E-state index < -0.39 is 71.5 Å². The Labute approximate surface area is 350 Å². The second kappa shape index (κ2) is 16.1. The van der Waals surface area contributed by atoms with Gasteiger partial charge in [0, 0.05) is 35.2 Å². The van der Waals surface area contributed by atoms with E-state index in [0.717, 1.165) is 19.3 Å². The number of anilines is 1. The van der Waals surface area contributed by atoms with E-state index in [1.807, 2.05) is 19.2 Å². The number of fused-ring (bicyclic) bond motifs is 2. The Morgan fingerprint density at radius 2 is 1.78 bits per heavy atom. The average Bonchev–Trinajstić information content (AvgIpc) is 3.83. The predicted molar refractivity (Wildman–Crippen MR) is 219 cm³/mol. The summed E-state index contributed by atoms with van der Waals surface area (Å²) in [6.45, 7) is 12.3. The lowest BCUT2D eigenvalue weighted by Gasteiger charge is -2.35. The summed E-state index contributed by atoms with van der Waals surface area (Å²) in [7, 11) is 0. The number of hydrogen-bond acceptors (Lipinski definition) is 12. The molecule has 316 valence electrons. The summed E-state index contributed by atoms with van der Waals surface area (Å²) in [5.41, 5.74) is -1.29. The predicted octanol–water partition coefficient (Wildman–Crippen LogP) is 5.73. The van der Waals surface area contributed by atoms with Crippen molar-refractivity contribution in [2.45, 2.75) is 103 Å². The van der Waals surface area contributed by atoms with Crippen molar-refractivity contribution in [3.63, 3.8) is 0 Å². The minimum absolute atomic E-state index is 0.0347. The van der Waals surface area contributed by atoms with Crippen LogP contribution < -0.4 is 25.4 Å². The highest BCUT2D eigenvalue weighted by Gasteiger charge is 2.61. The van der Waals surface area contributed by atoms with E-state index in [-0.39, 0.29) is 53.6 Å². The third-order valence-corrected chi connectivity index (χ3v) is 12.5. The Morgan fingerprint density at radius 1 is 1.05 bits per heavy atom. The number of pyridine rings is 1. The fourth-order valence-electron chi connectivity index (χ4n) is 8.14. The second-order valence-corrected chi connectivity index (χ2v) is 18.5. The standard InChI is InChI=1S/C41H49ClN6O10S/c1-7-22-15-41(22,37(53)54)47-35(51)28-13-24(16-48(28)36(52)34(40(4,5)6)46-39(55)58-23-11-20-10-21(20)12-23)57-30-14-26(27-18-59-38(45-27)43-19(2)3)44-33-25(30)8-9-29(32(33)42)56-17-31(49)50/h7-9,14,18-24,28,34H,1,10-13,15-17H2,2-6H3,(H,43,45)(H,46,55)(H,47,51)(H,49,50)(H,53,54)/t20-,21+,22-,23+,24-,28+,34-,41-/m1/s1. The molecule has 59 heavy (non-hydrogen) atoms. The summed E-state index contributed by atoms with van der Waals surface area (Å²) in [4.78, 5) is 76.7. The number of rotatable bonds is 15. The number of carboxylic acids is 2. The molecule has 3 amide bonds. The highest BCUT2D eigenvalue weighted by Crippen LogP contribution is 2.52. The van der Waals surface area contributed by atoms with Crippen molar-refractivity contribution in [2.24, 2.45) is 23.2 Å². The van der Waals surface area contributed by atoms with E-state index >= 15 is 0 Å². The lowest BCUT2D eigenvalue weighted by molar-refractivity contribution is -0.146. The highest BCUT2D eigenvalue weighted by molar-refractivity contribution is 7.14. The zero-order valence-corrected chi connectivity index (χ0v) is 35.0. The molecule has 1 aromatic carbocycles. The first-order valence-electron chi connectivity index (χ1n) is 19.7. The monoisotopic (exact) mass is 852 g/mol. The van der Waals surface area contributed by atoms with Crippen molar-refractivity contribution in [2.75, 3.05) is 18.5 Å². The zero-order valence-electron chi connectivity index (χ0n) is 33.5. The van der Waals surface area contributed by atoms with Crippen LogP contribution in [0.2, 0.25) is 5.02 Å². The van der Waals surface area contributed by atoms with Gasteiger partial charge in [-0.2, -0.15) is 0 Å². The van der Waals surface area contributed by atoms with E-state index in [1.54, 1.807) is 32.9 Å². The van der Waals surface area contributed by atoms with E-state index in [4.69, 9.17) is 30.8 Å². The van der Waals surface area contributed by atoms with Gasteiger partial charge in [0.1, 0.15) is 52.0 Å². The molecular weight excluding hydrogens is 804 g/mol. The molecule has 0 bridgehead atoms. The van der Waals surface area contributed by atoms with Crippen molar-refractivity contribution < 1.29 is 48.4 Å². The van der Waals surface area contributed by atoms with Crippen LogP contribution in [-0.2, 0) is 23.9 Å². The van der Waals surface area contributed by atoms with Gasteiger partial charge in [-0.15, -0.1) is 17.9 Å². The van der Waals surface area contributed by atoms with Crippen LogP contribution in [0.3, 0.4) is 0 Å². The van der Waals surface area contributed by atoms with Gasteiger partial charge < -0.3 is 45.3 Å². The number of alkyl carbamates (subject to hydrolysis) is 1. The Bertz CT molecular complexity index is 2180. The average molecular weight is 853 g/mol. The molecule has 8 atom stereocenters. The number of hydrogen-bond donors (Lipinski definition) is 5. The van der Waals surface area contributed by atoms with Gasteiger partial charge in [-0.05, 0) is 68.9 Å². The molecule has 4 aliphatic rings. The number of amides is 3. The summed E-state index contributed by atoms with van der Waals surface area (Å²) in [6, 6.07) is 2.60. The number of halogens is 1. The molecule has 4 fully saturated rings. The Hall–Kier alpha value is -5.16. The topological polar surface area (TPSA) is 219 Å². The molecule has 3 heterocycles. The third-order valence-electron chi connectivity index (χ3n) is 11.4. The van der Waals surface area contributed by atoms with Gasteiger partial charge in [0.25, 0.3) is 0 Å². The molecule has 3 saturated carbocycles. The number of ether oxygens (including phenoxy) is 3. The van der Waals surface area contributed by atoms with Gasteiger partial charge in [0.2, 0.25) is 11.8 Å². The molecule has 16 nitrogen and oxygen atoms in total. The molecule has 1 aliphatic heterocycles. The maximum atomic E-state index is 14.7. The first-order chi connectivity index (χ1) is 27.9. The minimum Gasteiger partial charge on any atom is -0.488 e. The molecule has 3 aromatic rings. The number of thiazole rings is 1. The fraction of sp³-hybridized carbons (Fsp3) is 0.537. The Balaban J connectivity index is 1.21. The van der Waals surface area contributed by atoms with Crippen molar-refractivity contribution in [3.05, 3.63) is 41.3 Å². The van der Waals surface area contributed by atoms with Crippen LogP contribution >= 0.6 is 22.9 Å². The number of nitrogens with one attached hydrogen (secondary N) is 3. The van der Waals surface area contributed by atoms with E-state index in [2.05, 4.69) is 27.5 Å². The Morgan fingerprint density at radius 3 is 2.41 bits per heavy atom. The van der Waals surface area contributed by atoms with Crippen LogP contribution in [0.5, 0.6) is 11.5 Å². The maximum Gasteiger partial charge on any atom is 0.408 e. The van der Waals surface area contributed by atoms with Crippen LogP contribution in [0.1, 0.15) is 66.7 Å². The van der Waals surface area contributed by atoms with Gasteiger partial charge in [0.05, 0.1) is 17.8 Å². The fourth-order valence-corrected chi connectivity index (χ4v) is 9.25. The van der Waals surface area contributed by atoms with Gasteiger partial charge in [0.15, 0.2) is 11.7 Å². The zero-order chi connectivity index (χ0) is 42.6. The smallest absolute Gasteiger partial charge is 0.408 e. The first-order valence-corrected chi connectivity index (χ1v) is 20.9. The lowest BCUT2D eigenvalue weighted by atomic mass is 9.85. The molecule has 7 rings (SSSR count). The van der Waals surface area contributed by atoms with Crippen molar-refractivity contribution in [1.82, 2.24) is 25.5 Å². The van der Waals surface area contributed by atoms with Gasteiger partial charge in [-0.1, -0.05) is 38.4 Å². The van der Waals surface area contributed by atoms with Crippen LogP contribution in [0.25, 0.3) is 22.3 Å². The van der Waals surface area contributed by atoms with E-state index in [0.29, 0.717) is 33.7 Å². The number of nitrogens with zero attached hydrogens (tertiary/aromatic N) is 3. The van der Waals surface area contributed by atoms with Gasteiger partial charge in [-0.25, -0.2) is 24.4 Å². The summed E-state index contributed by atoms with van der Waals surface area (Å²) in [5, 5.41) is 31.0. The summed E-state index contributed by atoms with van der Waals surface area (Å²) in [5.74, 6) is -2.64. The van der Waals surface area contributed by atoms with Crippen LogP contribution in [-0.4, -0.2) is 104 Å². The summed E-state index contributed by atoms with van der Waals surface area (Å²) >= 11 is 8.18. The number of likely N-dealkylation sites (tertiary alicyclic amines) is 1. The minimum atomic E-state index is -1.57. The van der Waals surface area contributed by atoms with Gasteiger partial charge >= 0.3 is 18.0 Å². The second-order valence-electron chi connectivity index (χ2n) is 17.3. The lowest BCUT2D eigenvalue weighted by Crippen LogP contribution is -2.59. The van der Waals surface area contributed by atoms with Crippen LogP contribution in [0.4, 0.5) is 9.93 Å². The molecule has 18 heteroatoms. The molecule has 2 aromatic heterocycles. The van der Waals surface area contributed by atoms with E-state index in [9.17, 15) is 34.2 Å². The molecule has 0 unspecified atom stereocenters. The van der Waals surface area contributed by atoms with Crippen LogP contribution in [0, 0.1) is 23.2 Å². The number of benzene rings is 1. The van der Waals surface area contributed by atoms with Gasteiger partial charge in [-0.3, -0.25) is 9.59 Å².